The molecule has 116 valence electrons. The van der Waals surface area contributed by atoms with Crippen molar-refractivity contribution in [3.63, 3.8) is 0 Å². The molecule has 1 N–H and O–H groups in total. The van der Waals surface area contributed by atoms with Crippen molar-refractivity contribution in [2.24, 2.45) is 10.2 Å². The Morgan fingerprint density at radius 2 is 1.87 bits per heavy atom. The molecule has 1 aromatic carbocycles. The van der Waals surface area contributed by atoms with Crippen LogP contribution in [0.3, 0.4) is 0 Å². The predicted molar refractivity (Wildman–Crippen MR) is 87.5 cm³/mol. The minimum absolute atomic E-state index is 0.104. The third kappa shape index (κ3) is 2.78. The molecule has 0 aliphatic rings. The van der Waals surface area contributed by atoms with Crippen molar-refractivity contribution < 1.29 is 9.90 Å². The maximum absolute atomic E-state index is 11.4. The number of pyridine rings is 1. The summed E-state index contributed by atoms with van der Waals surface area (Å²) in [7, 11) is 0. The fourth-order valence-corrected chi connectivity index (χ4v) is 2.59. The molecule has 0 radical (unpaired) electrons. The number of hydrogen-bond donors (Lipinski definition) is 1. The van der Waals surface area contributed by atoms with Gasteiger partial charge in [0.15, 0.2) is 11.5 Å². The van der Waals surface area contributed by atoms with Crippen LogP contribution in [0, 0.1) is 6.92 Å². The van der Waals surface area contributed by atoms with Gasteiger partial charge in [0.05, 0.1) is 10.0 Å². The Hall–Kier alpha value is -2.44. The Morgan fingerprint density at radius 1 is 1.17 bits per heavy atom. The lowest BCUT2D eigenvalue weighted by Gasteiger charge is -2.00. The van der Waals surface area contributed by atoms with E-state index in [0.717, 1.165) is 5.56 Å². The zero-order chi connectivity index (χ0) is 16.6. The molecule has 8 heteroatoms. The Balaban J connectivity index is 2.20. The van der Waals surface area contributed by atoms with Gasteiger partial charge in [0.25, 0.3) is 0 Å². The van der Waals surface area contributed by atoms with Crippen molar-refractivity contribution in [1.29, 1.82) is 0 Å². The van der Waals surface area contributed by atoms with Gasteiger partial charge in [0, 0.05) is 6.20 Å². The Kier molecular flexibility index (Phi) is 4.02. The molecule has 0 saturated heterocycles. The molecule has 6 nitrogen and oxygen atoms in total. The number of nitrogens with zero attached hydrogens (tertiary/aromatic N) is 4. The minimum Gasteiger partial charge on any atom is -0.476 e. The summed E-state index contributed by atoms with van der Waals surface area (Å²) in [5, 5.41) is 18.0. The highest BCUT2D eigenvalue weighted by molar-refractivity contribution is 6.38. The number of hydrogen-bond acceptors (Lipinski definition) is 4. The minimum atomic E-state index is -1.19. The van der Waals surface area contributed by atoms with Crippen LogP contribution in [0.1, 0.15) is 16.1 Å². The molecule has 0 aliphatic heterocycles. The molecule has 0 unspecified atom stereocenters. The average Bonchev–Trinajstić information content (AvgIpc) is 2.87. The third-order valence-corrected chi connectivity index (χ3v) is 3.81. The molecule has 2 aromatic heterocycles. The van der Waals surface area contributed by atoms with Crippen molar-refractivity contribution in [3.05, 3.63) is 57.8 Å². The van der Waals surface area contributed by atoms with E-state index in [0.29, 0.717) is 15.7 Å². The van der Waals surface area contributed by atoms with Crippen molar-refractivity contribution in [3.8, 4) is 0 Å². The first-order chi connectivity index (χ1) is 11.0. The zero-order valence-corrected chi connectivity index (χ0v) is 13.4. The Bertz CT molecular complexity index is 930. The Morgan fingerprint density at radius 3 is 2.52 bits per heavy atom. The number of imidazole rings is 1. The zero-order valence-electron chi connectivity index (χ0n) is 11.9. The number of benzene rings is 1. The molecule has 2 heterocycles. The number of aryl methyl sites for hydroxylation is 1. The smallest absolute Gasteiger partial charge is 0.358 e. The fraction of sp³-hybridized carbons (Fsp3) is 0.0667. The maximum atomic E-state index is 11.4. The second-order valence-corrected chi connectivity index (χ2v) is 5.56. The van der Waals surface area contributed by atoms with Crippen LogP contribution in [0.2, 0.25) is 10.0 Å². The normalized spacial score (nSPS) is 11.4. The molecule has 3 rings (SSSR count). The van der Waals surface area contributed by atoms with Crippen LogP contribution in [0.4, 0.5) is 11.5 Å². The van der Waals surface area contributed by atoms with Crippen molar-refractivity contribution in [1.82, 2.24) is 9.38 Å². The maximum Gasteiger partial charge on any atom is 0.358 e. The van der Waals surface area contributed by atoms with Crippen LogP contribution in [0.25, 0.3) is 5.65 Å². The lowest BCUT2D eigenvalue weighted by molar-refractivity contribution is 0.0692. The summed E-state index contributed by atoms with van der Waals surface area (Å²) < 4.78 is 1.56. The van der Waals surface area contributed by atoms with Gasteiger partial charge in [-0.3, -0.25) is 4.40 Å². The number of carboxylic acid groups (broad SMARTS) is 1. The molecule has 0 aliphatic carbocycles. The summed E-state index contributed by atoms with van der Waals surface area (Å²) >= 11 is 12.1. The first-order valence-electron chi connectivity index (χ1n) is 6.55. The molecule has 3 aromatic rings. The average molecular weight is 349 g/mol. The van der Waals surface area contributed by atoms with E-state index in [4.69, 9.17) is 23.2 Å². The number of carbonyl (C=O) groups is 1. The SMILES string of the molecule is Cc1cccn2c(N=Nc3c(Cl)cccc3Cl)c(C(=O)O)nc12. The summed E-state index contributed by atoms with van der Waals surface area (Å²) in [6.45, 7) is 1.83. The van der Waals surface area contributed by atoms with Gasteiger partial charge in [-0.2, -0.15) is 0 Å². The molecule has 23 heavy (non-hydrogen) atoms. The lowest BCUT2D eigenvalue weighted by atomic mass is 10.3. The van der Waals surface area contributed by atoms with E-state index >= 15 is 0 Å². The van der Waals surface area contributed by atoms with Gasteiger partial charge in [0.2, 0.25) is 0 Å². The predicted octanol–water partition coefficient (Wildman–Crippen LogP) is 5.06. The van der Waals surface area contributed by atoms with E-state index in [2.05, 4.69) is 15.2 Å². The second kappa shape index (κ2) is 5.98. The molecular weight excluding hydrogens is 339 g/mol. The van der Waals surface area contributed by atoms with Crippen LogP contribution in [0.5, 0.6) is 0 Å². The van der Waals surface area contributed by atoms with Crippen LogP contribution >= 0.6 is 23.2 Å². The van der Waals surface area contributed by atoms with Crippen molar-refractivity contribution >= 4 is 46.3 Å². The molecule has 0 spiro atoms. The number of carboxylic acids is 1. The molecular formula is C15H10Cl2N4O2. The van der Waals surface area contributed by atoms with Crippen LogP contribution in [-0.2, 0) is 0 Å². The number of rotatable bonds is 3. The fourth-order valence-electron chi connectivity index (χ4n) is 2.11. The lowest BCUT2D eigenvalue weighted by Crippen LogP contribution is -1.96. The van der Waals surface area contributed by atoms with Gasteiger partial charge in [-0.05, 0) is 30.7 Å². The van der Waals surface area contributed by atoms with E-state index in [-0.39, 0.29) is 17.2 Å². The molecule has 0 amide bonds. The third-order valence-electron chi connectivity index (χ3n) is 3.20. The first kappa shape index (κ1) is 15.5. The topological polar surface area (TPSA) is 79.3 Å². The highest BCUT2D eigenvalue weighted by Gasteiger charge is 2.19. The monoisotopic (exact) mass is 348 g/mol. The number of aromatic nitrogens is 2. The summed E-state index contributed by atoms with van der Waals surface area (Å²) in [6.07, 6.45) is 1.67. The van der Waals surface area contributed by atoms with Gasteiger partial charge >= 0.3 is 5.97 Å². The van der Waals surface area contributed by atoms with E-state index in [1.54, 1.807) is 34.9 Å². The van der Waals surface area contributed by atoms with Crippen molar-refractivity contribution in [2.45, 2.75) is 6.92 Å². The Labute approximate surface area is 141 Å². The summed E-state index contributed by atoms with van der Waals surface area (Å²) in [5.74, 6) is -1.08. The largest absolute Gasteiger partial charge is 0.476 e. The van der Waals surface area contributed by atoms with Gasteiger partial charge in [0.1, 0.15) is 11.3 Å². The number of fused-ring (bicyclic) bond motifs is 1. The van der Waals surface area contributed by atoms with E-state index in [1.165, 1.54) is 0 Å². The summed E-state index contributed by atoms with van der Waals surface area (Å²) in [5.41, 5.74) is 1.41. The van der Waals surface area contributed by atoms with E-state index < -0.39 is 5.97 Å². The molecule has 0 fully saturated rings. The quantitative estimate of drug-likeness (QED) is 0.671. The highest BCUT2D eigenvalue weighted by Crippen LogP contribution is 2.34. The number of azo groups is 1. The van der Waals surface area contributed by atoms with E-state index in [1.807, 2.05) is 13.0 Å². The van der Waals surface area contributed by atoms with Gasteiger partial charge in [-0.15, -0.1) is 10.2 Å². The van der Waals surface area contributed by atoms with Gasteiger partial charge < -0.3 is 5.11 Å². The van der Waals surface area contributed by atoms with Gasteiger partial charge in [-0.1, -0.05) is 35.3 Å². The molecule has 0 saturated carbocycles. The van der Waals surface area contributed by atoms with Crippen LogP contribution in [-0.4, -0.2) is 20.5 Å². The summed E-state index contributed by atoms with van der Waals surface area (Å²) in [6, 6.07) is 8.54. The molecule has 0 atom stereocenters. The van der Waals surface area contributed by atoms with Crippen molar-refractivity contribution in [2.75, 3.05) is 0 Å². The second-order valence-electron chi connectivity index (χ2n) is 4.74. The van der Waals surface area contributed by atoms with E-state index in [9.17, 15) is 9.90 Å². The highest BCUT2D eigenvalue weighted by atomic mass is 35.5. The number of halogens is 2. The summed E-state index contributed by atoms with van der Waals surface area (Å²) in [4.78, 5) is 15.5. The first-order valence-corrected chi connectivity index (χ1v) is 7.31. The molecule has 0 bridgehead atoms. The van der Waals surface area contributed by atoms with Crippen LogP contribution < -0.4 is 0 Å². The number of aromatic carboxylic acids is 1. The standard InChI is InChI=1S/C15H10Cl2N4O2/c1-8-4-3-7-21-13(8)18-12(15(22)23)14(21)20-19-11-9(16)5-2-6-10(11)17/h2-7H,1H3,(H,22,23). The van der Waals surface area contributed by atoms with Gasteiger partial charge in [-0.25, -0.2) is 9.78 Å². The van der Waals surface area contributed by atoms with Crippen LogP contribution in [0.15, 0.2) is 46.8 Å².